The summed E-state index contributed by atoms with van der Waals surface area (Å²) in [5.41, 5.74) is 7.04. The molecule has 3 N–H and O–H groups in total. The smallest absolute Gasteiger partial charge is 0.270 e. The third-order valence-corrected chi connectivity index (χ3v) is 3.89. The molecule has 0 spiro atoms. The molecule has 0 heterocycles. The quantitative estimate of drug-likeness (QED) is 0.566. The van der Waals surface area contributed by atoms with Gasteiger partial charge in [0.2, 0.25) is 0 Å². The molecule has 4 nitrogen and oxygen atoms in total. The molecule has 0 unspecified atom stereocenters. The van der Waals surface area contributed by atoms with E-state index in [1.165, 1.54) is 5.56 Å². The maximum atomic E-state index is 12.0. The first-order valence-corrected chi connectivity index (χ1v) is 7.99. The average Bonchev–Trinajstić information content (AvgIpc) is 2.54. The van der Waals surface area contributed by atoms with Gasteiger partial charge in [-0.2, -0.15) is 0 Å². The molecule has 1 amide bonds. The molecule has 0 aromatic heterocycles. The van der Waals surface area contributed by atoms with E-state index in [9.17, 15) is 4.79 Å². The predicted molar refractivity (Wildman–Crippen MR) is 95.5 cm³/mol. The van der Waals surface area contributed by atoms with E-state index in [1.807, 2.05) is 30.3 Å². The lowest BCUT2D eigenvalue weighted by Crippen LogP contribution is -2.47. The van der Waals surface area contributed by atoms with Crippen molar-refractivity contribution < 1.29 is 4.79 Å². The van der Waals surface area contributed by atoms with Crippen LogP contribution in [0.1, 0.15) is 15.9 Å². The van der Waals surface area contributed by atoms with Gasteiger partial charge < -0.3 is 5.32 Å². The van der Waals surface area contributed by atoms with Crippen molar-refractivity contribution in [1.82, 2.24) is 16.2 Å². The van der Waals surface area contributed by atoms with Crippen LogP contribution in [0.25, 0.3) is 0 Å². The summed E-state index contributed by atoms with van der Waals surface area (Å²) in [5.74, 6) is -0.250. The molecule has 0 radical (unpaired) electrons. The molecule has 114 valence electrons. The number of amides is 1. The minimum absolute atomic E-state index is 0.250. The Morgan fingerprint density at radius 2 is 1.68 bits per heavy atom. The minimum Gasteiger partial charge on any atom is -0.361 e. The Hall–Kier alpha value is -1.92. The summed E-state index contributed by atoms with van der Waals surface area (Å²) in [6.45, 7) is 0.695. The highest BCUT2D eigenvalue weighted by Crippen LogP contribution is 2.15. The number of hydrazine groups is 1. The van der Waals surface area contributed by atoms with Crippen molar-refractivity contribution in [2.24, 2.45) is 0 Å². The van der Waals surface area contributed by atoms with Crippen LogP contribution >= 0.6 is 28.1 Å². The van der Waals surface area contributed by atoms with Gasteiger partial charge in [0.15, 0.2) is 5.11 Å². The molecule has 0 aliphatic rings. The van der Waals surface area contributed by atoms with Crippen LogP contribution in [-0.4, -0.2) is 17.6 Å². The van der Waals surface area contributed by atoms with Gasteiger partial charge >= 0.3 is 0 Å². The molecule has 2 aromatic carbocycles. The molecule has 2 rings (SSSR count). The van der Waals surface area contributed by atoms with Gasteiger partial charge in [-0.15, -0.1) is 0 Å². The van der Waals surface area contributed by atoms with Gasteiger partial charge in [0.05, 0.1) is 5.56 Å². The van der Waals surface area contributed by atoms with Crippen molar-refractivity contribution in [2.45, 2.75) is 6.42 Å². The van der Waals surface area contributed by atoms with Gasteiger partial charge in [-0.3, -0.25) is 15.6 Å². The van der Waals surface area contributed by atoms with E-state index < -0.39 is 0 Å². The van der Waals surface area contributed by atoms with E-state index in [2.05, 4.69) is 44.2 Å². The van der Waals surface area contributed by atoms with Crippen molar-refractivity contribution in [3.05, 3.63) is 70.2 Å². The summed E-state index contributed by atoms with van der Waals surface area (Å²) < 4.78 is 0.734. The monoisotopic (exact) mass is 377 g/mol. The second kappa shape index (κ2) is 8.51. The standard InChI is InChI=1S/C16H16BrN3OS/c17-14-9-5-4-8-13(14)15(21)19-20-16(22)18-11-10-12-6-2-1-3-7-12/h1-9H,10-11H2,(H,19,21)(H2,18,20,22). The first kappa shape index (κ1) is 16.5. The average molecular weight is 378 g/mol. The maximum absolute atomic E-state index is 12.0. The summed E-state index contributed by atoms with van der Waals surface area (Å²) in [5, 5.41) is 3.43. The Labute approximate surface area is 143 Å². The van der Waals surface area contributed by atoms with E-state index >= 15 is 0 Å². The lowest BCUT2D eigenvalue weighted by atomic mass is 10.1. The molecular formula is C16H16BrN3OS. The van der Waals surface area contributed by atoms with Gasteiger partial charge in [-0.05, 0) is 52.3 Å². The molecule has 0 aliphatic carbocycles. The number of nitrogens with one attached hydrogen (secondary N) is 3. The SMILES string of the molecule is O=C(NNC(=S)NCCc1ccccc1)c1ccccc1Br. The third-order valence-electron chi connectivity index (χ3n) is 2.95. The van der Waals surface area contributed by atoms with Crippen LogP contribution in [0.4, 0.5) is 0 Å². The van der Waals surface area contributed by atoms with Gasteiger partial charge in [0.1, 0.15) is 0 Å². The Kier molecular flexibility index (Phi) is 6.36. The van der Waals surface area contributed by atoms with Crippen LogP contribution < -0.4 is 16.2 Å². The van der Waals surface area contributed by atoms with Crippen molar-refractivity contribution in [3.8, 4) is 0 Å². The summed E-state index contributed by atoms with van der Waals surface area (Å²) in [4.78, 5) is 12.0. The van der Waals surface area contributed by atoms with E-state index in [0.717, 1.165) is 10.9 Å². The number of hydrogen-bond acceptors (Lipinski definition) is 2. The van der Waals surface area contributed by atoms with Gasteiger partial charge in [0, 0.05) is 11.0 Å². The van der Waals surface area contributed by atoms with E-state index in [0.29, 0.717) is 17.2 Å². The lowest BCUT2D eigenvalue weighted by Gasteiger charge is -2.12. The summed E-state index contributed by atoms with van der Waals surface area (Å²) >= 11 is 8.46. The van der Waals surface area contributed by atoms with E-state index in [1.54, 1.807) is 12.1 Å². The van der Waals surface area contributed by atoms with Crippen LogP contribution in [0.5, 0.6) is 0 Å². The molecule has 6 heteroatoms. The number of carbonyl (C=O) groups is 1. The topological polar surface area (TPSA) is 53.2 Å². The Morgan fingerprint density at radius 1 is 1.00 bits per heavy atom. The van der Waals surface area contributed by atoms with Crippen LogP contribution in [0.15, 0.2) is 59.1 Å². The first-order valence-electron chi connectivity index (χ1n) is 6.79. The van der Waals surface area contributed by atoms with Crippen molar-refractivity contribution >= 4 is 39.2 Å². The number of thiocarbonyl (C=S) groups is 1. The van der Waals surface area contributed by atoms with Crippen LogP contribution in [0.2, 0.25) is 0 Å². The number of hydrogen-bond donors (Lipinski definition) is 3. The van der Waals surface area contributed by atoms with Crippen molar-refractivity contribution in [3.63, 3.8) is 0 Å². The third kappa shape index (κ3) is 5.13. The number of carbonyl (C=O) groups excluding carboxylic acids is 1. The molecule has 0 aliphatic heterocycles. The highest BCUT2D eigenvalue weighted by atomic mass is 79.9. The Morgan fingerprint density at radius 3 is 2.41 bits per heavy atom. The summed E-state index contributed by atoms with van der Waals surface area (Å²) in [6, 6.07) is 17.3. The molecule has 0 bridgehead atoms. The van der Waals surface area contributed by atoms with Crippen LogP contribution in [-0.2, 0) is 6.42 Å². The lowest BCUT2D eigenvalue weighted by molar-refractivity contribution is 0.0943. The Bertz CT molecular complexity index is 649. The molecular weight excluding hydrogens is 362 g/mol. The zero-order chi connectivity index (χ0) is 15.8. The Balaban J connectivity index is 1.72. The van der Waals surface area contributed by atoms with Crippen LogP contribution in [0, 0.1) is 0 Å². The largest absolute Gasteiger partial charge is 0.361 e. The summed E-state index contributed by atoms with van der Waals surface area (Å²) in [7, 11) is 0. The summed E-state index contributed by atoms with van der Waals surface area (Å²) in [6.07, 6.45) is 0.862. The fourth-order valence-corrected chi connectivity index (χ4v) is 2.45. The fourth-order valence-electron chi connectivity index (χ4n) is 1.84. The van der Waals surface area contributed by atoms with Gasteiger partial charge in [-0.25, -0.2) is 0 Å². The number of benzene rings is 2. The molecule has 0 atom stereocenters. The second-order valence-electron chi connectivity index (χ2n) is 4.55. The van der Waals surface area contributed by atoms with Crippen molar-refractivity contribution in [1.29, 1.82) is 0 Å². The highest BCUT2D eigenvalue weighted by Gasteiger charge is 2.08. The minimum atomic E-state index is -0.250. The first-order chi connectivity index (χ1) is 10.7. The van der Waals surface area contributed by atoms with Gasteiger partial charge in [-0.1, -0.05) is 42.5 Å². The molecule has 0 fully saturated rings. The predicted octanol–water partition coefficient (Wildman–Crippen LogP) is 2.80. The maximum Gasteiger partial charge on any atom is 0.270 e. The van der Waals surface area contributed by atoms with Crippen LogP contribution in [0.3, 0.4) is 0 Å². The van der Waals surface area contributed by atoms with E-state index in [-0.39, 0.29) is 5.91 Å². The molecule has 0 saturated carbocycles. The zero-order valence-corrected chi connectivity index (χ0v) is 14.2. The zero-order valence-electron chi connectivity index (χ0n) is 11.8. The van der Waals surface area contributed by atoms with Crippen molar-refractivity contribution in [2.75, 3.05) is 6.54 Å². The molecule has 0 saturated heterocycles. The number of halogens is 1. The highest BCUT2D eigenvalue weighted by molar-refractivity contribution is 9.10. The molecule has 22 heavy (non-hydrogen) atoms. The second-order valence-corrected chi connectivity index (χ2v) is 5.81. The fraction of sp³-hybridized carbons (Fsp3) is 0.125. The number of rotatable bonds is 4. The molecule has 2 aromatic rings. The van der Waals surface area contributed by atoms with Gasteiger partial charge in [0.25, 0.3) is 5.91 Å². The normalized spacial score (nSPS) is 9.86. The van der Waals surface area contributed by atoms with E-state index in [4.69, 9.17) is 12.2 Å².